The number of halogens is 1. The zero-order valence-corrected chi connectivity index (χ0v) is 47.6. The van der Waals surface area contributed by atoms with Crippen molar-refractivity contribution in [1.29, 1.82) is 0 Å². The van der Waals surface area contributed by atoms with Crippen LogP contribution in [0.5, 0.6) is 11.5 Å². The first kappa shape index (κ1) is 62.2. The number of hydrogen-bond donors (Lipinski definition) is 3. The first-order valence-electron chi connectivity index (χ1n) is 30.5. The van der Waals surface area contributed by atoms with Crippen molar-refractivity contribution in [3.05, 3.63) is 120 Å². The van der Waals surface area contributed by atoms with E-state index < -0.39 is 23.8 Å². The van der Waals surface area contributed by atoms with Crippen molar-refractivity contribution in [2.75, 3.05) is 26.4 Å². The molecule has 12 heteroatoms. The number of allylic oxidation sites excluding steroid dienone is 1. The van der Waals surface area contributed by atoms with Crippen molar-refractivity contribution < 1.29 is 43.2 Å². The van der Waals surface area contributed by atoms with Crippen LogP contribution < -0.4 is 14.8 Å². The molecule has 78 heavy (non-hydrogen) atoms. The molecule has 2 aliphatic carbocycles. The number of nitrogens with zero attached hydrogens (tertiary/aromatic N) is 2. The summed E-state index contributed by atoms with van der Waals surface area (Å²) < 4.78 is 35.4. The maximum absolute atomic E-state index is 15.3. The van der Waals surface area contributed by atoms with E-state index in [2.05, 4.69) is 31.8 Å². The SMILES string of the molecule is C=CCO[C@@]12Oc3ccc(OC(=O)NCCCCCCCCCCCC)cc3[C@H]3[C@H](CCCCO)[C@@H](CCCCO)C=C(C(=NOCc4ccccc4)C[C@@H]1N(Cc1ccc(F)cc1)C(=O)CCCCCCCCCCC)[C@H]32. The van der Waals surface area contributed by atoms with Crippen molar-refractivity contribution in [2.45, 2.75) is 218 Å². The number of oxime groups is 1. The first-order valence-corrected chi connectivity index (χ1v) is 30.5. The molecule has 0 aromatic heterocycles. The van der Waals surface area contributed by atoms with Crippen LogP contribution in [0.2, 0.25) is 0 Å². The van der Waals surface area contributed by atoms with Gasteiger partial charge in [0.2, 0.25) is 11.7 Å². The molecule has 6 rings (SSSR count). The van der Waals surface area contributed by atoms with Crippen LogP contribution in [0, 0.1) is 23.6 Å². The molecule has 3 aromatic carbocycles. The molecule has 2 amide bonds. The molecule has 1 fully saturated rings. The topological polar surface area (TPSA) is 139 Å². The molecule has 1 aliphatic heterocycles. The largest absolute Gasteiger partial charge is 0.459 e. The molecular formula is C66H96FN3O8. The minimum atomic E-state index is -1.48. The van der Waals surface area contributed by atoms with Crippen LogP contribution in [-0.2, 0) is 27.5 Å². The van der Waals surface area contributed by atoms with Gasteiger partial charge in [-0.2, -0.15) is 0 Å². The Kier molecular flexibility index (Phi) is 27.8. The Bertz CT molecular complexity index is 2270. The molecule has 430 valence electrons. The van der Waals surface area contributed by atoms with Crippen LogP contribution in [0.3, 0.4) is 0 Å². The summed E-state index contributed by atoms with van der Waals surface area (Å²) in [6, 6.07) is 21.1. The van der Waals surface area contributed by atoms with E-state index in [-0.39, 0.29) is 68.9 Å². The van der Waals surface area contributed by atoms with E-state index >= 15 is 4.79 Å². The van der Waals surface area contributed by atoms with Gasteiger partial charge in [0.1, 0.15) is 30.0 Å². The lowest BCUT2D eigenvalue weighted by Crippen LogP contribution is -2.70. The summed E-state index contributed by atoms with van der Waals surface area (Å²) in [5, 5.41) is 28.2. The van der Waals surface area contributed by atoms with Gasteiger partial charge in [0.15, 0.2) is 0 Å². The highest BCUT2D eigenvalue weighted by molar-refractivity contribution is 6.03. The van der Waals surface area contributed by atoms with E-state index in [4.69, 9.17) is 24.2 Å². The highest BCUT2D eigenvalue weighted by Gasteiger charge is 2.65. The number of benzene rings is 3. The second-order valence-corrected chi connectivity index (χ2v) is 22.3. The number of rotatable bonds is 39. The molecule has 0 unspecified atom stereocenters. The molecule has 3 aliphatic rings. The summed E-state index contributed by atoms with van der Waals surface area (Å²) in [5.41, 5.74) is 4.20. The maximum atomic E-state index is 15.3. The van der Waals surface area contributed by atoms with Crippen LogP contribution in [0.4, 0.5) is 9.18 Å². The van der Waals surface area contributed by atoms with E-state index in [9.17, 15) is 19.4 Å². The minimum absolute atomic E-state index is 0.0166. The van der Waals surface area contributed by atoms with E-state index in [1.807, 2.05) is 47.4 Å². The smallest absolute Gasteiger partial charge is 0.412 e. The number of carbonyl (C=O) groups excluding carboxylic acids is 2. The van der Waals surface area contributed by atoms with Gasteiger partial charge in [-0.05, 0) is 97.4 Å². The maximum Gasteiger partial charge on any atom is 0.412 e. The van der Waals surface area contributed by atoms with Crippen LogP contribution in [0.1, 0.15) is 210 Å². The molecule has 3 aromatic rings. The molecule has 0 spiro atoms. The fraction of sp³-hybridized carbons (Fsp3) is 0.621. The Labute approximate surface area is 467 Å². The summed E-state index contributed by atoms with van der Waals surface area (Å²) in [7, 11) is 0. The molecule has 1 heterocycles. The van der Waals surface area contributed by atoms with Gasteiger partial charge in [-0.25, -0.2) is 9.18 Å². The van der Waals surface area contributed by atoms with Crippen LogP contribution in [-0.4, -0.2) is 71.0 Å². The molecule has 1 saturated carbocycles. The summed E-state index contributed by atoms with van der Waals surface area (Å²) >= 11 is 0. The molecule has 0 bridgehead atoms. The third-order valence-electron chi connectivity index (χ3n) is 16.4. The molecule has 0 saturated heterocycles. The lowest BCUT2D eigenvalue weighted by atomic mass is 9.55. The minimum Gasteiger partial charge on any atom is -0.459 e. The third-order valence-corrected chi connectivity index (χ3v) is 16.4. The standard InChI is InChI=1S/C66H96FN3O8/c1-4-7-9-11-13-15-17-19-21-28-42-68-65(74)77-55-40-41-60-58(47-55)63-56(34-27-30-44-72)53(33-26-29-43-71)46-57-59(69-76-50-52-31-23-22-24-32-52)48-61(66(78-60,64(57)63)75-45-6-3)70(49-51-36-38-54(67)39-37-51)62(73)35-25-20-18-16-14-12-10-8-5-2/h6,22-24,31-32,36-41,46-47,53,56,61,63-64,71-72H,3-5,7-21,25-30,33-35,42-45,48-50H2,1-2H3,(H,68,74)/t53-,56+,61-,63+,64+,66+/m0/s1. The number of fused-ring (bicyclic) bond motifs is 2. The van der Waals surface area contributed by atoms with Crippen molar-refractivity contribution in [1.82, 2.24) is 10.2 Å². The molecule has 3 N–H and O–H groups in total. The van der Waals surface area contributed by atoms with Crippen molar-refractivity contribution in [3.8, 4) is 11.5 Å². The van der Waals surface area contributed by atoms with Gasteiger partial charge >= 0.3 is 6.09 Å². The Hall–Kier alpha value is -5.04. The van der Waals surface area contributed by atoms with Gasteiger partial charge in [-0.3, -0.25) is 4.79 Å². The van der Waals surface area contributed by atoms with Gasteiger partial charge in [-0.1, -0.05) is 196 Å². The van der Waals surface area contributed by atoms with Gasteiger partial charge in [0, 0.05) is 50.6 Å². The van der Waals surface area contributed by atoms with Crippen LogP contribution >= 0.6 is 0 Å². The summed E-state index contributed by atoms with van der Waals surface area (Å²) in [5.74, 6) is -1.80. The predicted octanol–water partition coefficient (Wildman–Crippen LogP) is 15.6. The first-order chi connectivity index (χ1) is 38.3. The normalized spacial score (nSPS) is 20.8. The van der Waals surface area contributed by atoms with Gasteiger partial charge < -0.3 is 39.5 Å². The second-order valence-electron chi connectivity index (χ2n) is 22.3. The zero-order chi connectivity index (χ0) is 55.2. The highest BCUT2D eigenvalue weighted by atomic mass is 19.1. The van der Waals surface area contributed by atoms with E-state index in [1.165, 1.54) is 89.2 Å². The lowest BCUT2D eigenvalue weighted by Gasteiger charge is -2.60. The average molecular weight is 1080 g/mol. The van der Waals surface area contributed by atoms with E-state index in [0.717, 1.165) is 92.9 Å². The van der Waals surface area contributed by atoms with Crippen LogP contribution in [0.15, 0.2) is 102 Å². The van der Waals surface area contributed by atoms with E-state index in [0.29, 0.717) is 43.0 Å². The Morgan fingerprint density at radius 1 is 0.769 bits per heavy atom. The summed E-state index contributed by atoms with van der Waals surface area (Å²) in [6.45, 7) is 9.78. The zero-order valence-electron chi connectivity index (χ0n) is 47.6. The molecule has 0 radical (unpaired) electrons. The van der Waals surface area contributed by atoms with Crippen molar-refractivity contribution in [3.63, 3.8) is 0 Å². The van der Waals surface area contributed by atoms with Crippen LogP contribution in [0.25, 0.3) is 0 Å². The summed E-state index contributed by atoms with van der Waals surface area (Å²) in [6.07, 6.45) is 30.6. The number of hydrogen-bond acceptors (Lipinski definition) is 9. The van der Waals surface area contributed by atoms with Gasteiger partial charge in [-0.15, -0.1) is 6.58 Å². The second kappa shape index (κ2) is 34.9. The van der Waals surface area contributed by atoms with Gasteiger partial charge in [0.05, 0.1) is 18.2 Å². The van der Waals surface area contributed by atoms with Crippen molar-refractivity contribution >= 4 is 17.7 Å². The number of aliphatic hydroxyl groups is 2. The number of aliphatic hydroxyl groups excluding tert-OH is 2. The number of amides is 2. The number of carbonyl (C=O) groups is 2. The monoisotopic (exact) mass is 1080 g/mol. The quantitative estimate of drug-likeness (QED) is 0.0292. The fourth-order valence-electron chi connectivity index (χ4n) is 12.3. The van der Waals surface area contributed by atoms with Gasteiger partial charge in [0.25, 0.3) is 0 Å². The lowest BCUT2D eigenvalue weighted by molar-refractivity contribution is -0.258. The fourth-order valence-corrected chi connectivity index (χ4v) is 12.3. The number of unbranched alkanes of at least 4 members (excludes halogenated alkanes) is 19. The Balaban J connectivity index is 1.40. The number of nitrogens with one attached hydrogen (secondary N) is 1. The average Bonchev–Trinajstić information content (AvgIpc) is 3.57. The molecular weight excluding hydrogens is 982 g/mol. The van der Waals surface area contributed by atoms with E-state index in [1.54, 1.807) is 24.3 Å². The molecule has 11 nitrogen and oxygen atoms in total. The van der Waals surface area contributed by atoms with Crippen molar-refractivity contribution in [2.24, 2.45) is 22.9 Å². The third kappa shape index (κ3) is 18.8. The Morgan fingerprint density at radius 2 is 1.40 bits per heavy atom. The summed E-state index contributed by atoms with van der Waals surface area (Å²) in [4.78, 5) is 37.1. The highest BCUT2D eigenvalue weighted by Crippen LogP contribution is 2.62. The predicted molar refractivity (Wildman–Crippen MR) is 311 cm³/mol. The molecule has 6 atom stereocenters. The Morgan fingerprint density at radius 3 is 2.04 bits per heavy atom. The number of ether oxygens (including phenoxy) is 3.